The van der Waals surface area contributed by atoms with Crippen LogP contribution in [-0.2, 0) is 11.2 Å². The minimum atomic E-state index is -0.900. The largest absolute Gasteiger partial charge is 0.480 e. The van der Waals surface area contributed by atoms with Gasteiger partial charge in [0, 0.05) is 22.9 Å². The SMILES string of the molecule is NC(=O)Oc1ccc(Oc2ccc(C[C@H](NI)C(=O)O)cc2)cc1. The van der Waals surface area contributed by atoms with Crippen molar-refractivity contribution in [3.63, 3.8) is 0 Å². The number of benzene rings is 2. The molecule has 7 nitrogen and oxygen atoms in total. The van der Waals surface area contributed by atoms with E-state index >= 15 is 0 Å². The molecule has 0 spiro atoms. The number of carbonyl (C=O) groups excluding carboxylic acids is 1. The number of amides is 1. The molecule has 0 aliphatic heterocycles. The number of nitrogens with one attached hydrogen (secondary N) is 1. The molecule has 0 saturated heterocycles. The van der Waals surface area contributed by atoms with Gasteiger partial charge in [-0.15, -0.1) is 0 Å². The van der Waals surface area contributed by atoms with Gasteiger partial charge in [0.05, 0.1) is 0 Å². The van der Waals surface area contributed by atoms with Gasteiger partial charge < -0.3 is 20.3 Å². The van der Waals surface area contributed by atoms with Crippen molar-refractivity contribution in [2.45, 2.75) is 12.5 Å². The molecule has 2 rings (SSSR count). The van der Waals surface area contributed by atoms with Gasteiger partial charge in [0.1, 0.15) is 23.3 Å². The van der Waals surface area contributed by atoms with Crippen LogP contribution in [0.5, 0.6) is 17.2 Å². The molecule has 1 atom stereocenters. The maximum atomic E-state index is 11.0. The Morgan fingerprint density at radius 1 is 1.04 bits per heavy atom. The highest BCUT2D eigenvalue weighted by molar-refractivity contribution is 14.1. The fraction of sp³-hybridized carbons (Fsp3) is 0.125. The van der Waals surface area contributed by atoms with Gasteiger partial charge in [-0.2, -0.15) is 0 Å². The Labute approximate surface area is 152 Å². The number of rotatable bonds is 7. The second-order valence-electron chi connectivity index (χ2n) is 4.84. The minimum Gasteiger partial charge on any atom is -0.480 e. The number of primary amides is 1. The van der Waals surface area contributed by atoms with Crippen molar-refractivity contribution in [2.75, 3.05) is 0 Å². The van der Waals surface area contributed by atoms with Crippen LogP contribution >= 0.6 is 22.9 Å². The second kappa shape index (κ2) is 8.50. The van der Waals surface area contributed by atoms with E-state index in [4.69, 9.17) is 20.3 Å². The summed E-state index contributed by atoms with van der Waals surface area (Å²) >= 11 is 1.83. The molecule has 2 aromatic rings. The third kappa shape index (κ3) is 5.39. The van der Waals surface area contributed by atoms with Gasteiger partial charge in [0.25, 0.3) is 0 Å². The lowest BCUT2D eigenvalue weighted by atomic mass is 10.1. The molecule has 2 aromatic carbocycles. The molecule has 0 unspecified atom stereocenters. The summed E-state index contributed by atoms with van der Waals surface area (Å²) in [5, 5.41) is 9.03. The van der Waals surface area contributed by atoms with Gasteiger partial charge >= 0.3 is 12.1 Å². The summed E-state index contributed by atoms with van der Waals surface area (Å²) in [7, 11) is 0. The fourth-order valence-electron chi connectivity index (χ4n) is 1.93. The highest BCUT2D eigenvalue weighted by Gasteiger charge is 2.15. The summed E-state index contributed by atoms with van der Waals surface area (Å²) in [6, 6.07) is 12.9. The third-order valence-electron chi connectivity index (χ3n) is 3.07. The number of aliphatic carboxylic acids is 1. The summed E-state index contributed by atoms with van der Waals surface area (Å²) in [5.74, 6) is 0.604. The Bertz CT molecular complexity index is 703. The summed E-state index contributed by atoms with van der Waals surface area (Å²) in [5.41, 5.74) is 5.81. The number of hydrogen-bond donors (Lipinski definition) is 3. The first-order valence-corrected chi connectivity index (χ1v) is 7.99. The van der Waals surface area contributed by atoms with Gasteiger partial charge in [-0.3, -0.25) is 4.79 Å². The van der Waals surface area contributed by atoms with Crippen LogP contribution in [0.15, 0.2) is 48.5 Å². The molecular weight excluding hydrogens is 427 g/mol. The van der Waals surface area contributed by atoms with Gasteiger partial charge in [-0.25, -0.2) is 8.32 Å². The van der Waals surface area contributed by atoms with E-state index in [0.717, 1.165) is 5.56 Å². The van der Waals surface area contributed by atoms with Crippen LogP contribution in [0, 0.1) is 0 Å². The van der Waals surface area contributed by atoms with Crippen LogP contribution in [0.25, 0.3) is 0 Å². The van der Waals surface area contributed by atoms with E-state index in [2.05, 4.69) is 3.53 Å². The molecule has 126 valence electrons. The van der Waals surface area contributed by atoms with E-state index in [1.165, 1.54) is 0 Å². The molecule has 24 heavy (non-hydrogen) atoms. The topological polar surface area (TPSA) is 111 Å². The predicted octanol–water partition coefficient (Wildman–Crippen LogP) is 2.87. The number of carbonyl (C=O) groups is 2. The summed E-state index contributed by atoms with van der Waals surface area (Å²) in [6.07, 6.45) is -0.502. The van der Waals surface area contributed by atoms with Crippen molar-refractivity contribution >= 4 is 34.9 Å². The van der Waals surface area contributed by atoms with Crippen molar-refractivity contribution < 1.29 is 24.2 Å². The van der Waals surface area contributed by atoms with Crippen molar-refractivity contribution in [2.24, 2.45) is 5.73 Å². The second-order valence-corrected chi connectivity index (χ2v) is 5.47. The predicted molar refractivity (Wildman–Crippen MR) is 95.5 cm³/mol. The Hall–Kier alpha value is -2.33. The molecule has 8 heteroatoms. The smallest absolute Gasteiger partial charge is 0.409 e. The maximum absolute atomic E-state index is 11.0. The first kappa shape index (κ1) is 18.0. The normalized spacial score (nSPS) is 11.5. The van der Waals surface area contributed by atoms with E-state index in [9.17, 15) is 9.59 Å². The van der Waals surface area contributed by atoms with E-state index < -0.39 is 18.1 Å². The lowest BCUT2D eigenvalue weighted by Gasteiger charge is -2.11. The standard InChI is InChI=1S/C16H15IN2O5/c17-19-14(15(20)21)9-10-1-3-11(4-2-10)23-12-5-7-13(8-6-12)24-16(18)22/h1-8,14,19H,9H2,(H2,18,22)(H,20,21)/t14-/m0/s1. The number of ether oxygens (including phenoxy) is 2. The van der Waals surface area contributed by atoms with E-state index in [-0.39, 0.29) is 0 Å². The highest BCUT2D eigenvalue weighted by Crippen LogP contribution is 2.24. The Balaban J connectivity index is 1.98. The molecule has 0 aromatic heterocycles. The van der Waals surface area contributed by atoms with Crippen molar-refractivity contribution in [1.82, 2.24) is 3.53 Å². The number of halogens is 1. The minimum absolute atomic E-state index is 0.330. The van der Waals surface area contributed by atoms with E-state index in [1.54, 1.807) is 36.4 Å². The molecule has 0 fully saturated rings. The number of hydrogen-bond acceptors (Lipinski definition) is 5. The molecular formula is C16H15IN2O5. The number of carboxylic acids is 1. The molecule has 1 amide bonds. The maximum Gasteiger partial charge on any atom is 0.409 e. The quantitative estimate of drug-likeness (QED) is 0.449. The van der Waals surface area contributed by atoms with Crippen molar-refractivity contribution in [1.29, 1.82) is 0 Å². The summed E-state index contributed by atoms with van der Waals surface area (Å²) in [6.45, 7) is 0. The zero-order valence-corrected chi connectivity index (χ0v) is 14.6. The fourth-order valence-corrected chi connectivity index (χ4v) is 2.42. The molecule has 0 aliphatic rings. The van der Waals surface area contributed by atoms with Gasteiger partial charge in [-0.05, 0) is 48.4 Å². The first-order valence-electron chi connectivity index (χ1n) is 6.91. The van der Waals surface area contributed by atoms with Crippen LogP contribution in [0.3, 0.4) is 0 Å². The number of nitrogens with two attached hydrogens (primary N) is 1. The molecule has 0 bridgehead atoms. The van der Waals surface area contributed by atoms with Gasteiger partial charge in [0.2, 0.25) is 0 Å². The van der Waals surface area contributed by atoms with E-state index in [0.29, 0.717) is 23.7 Å². The zero-order valence-electron chi connectivity index (χ0n) is 12.4. The Morgan fingerprint density at radius 3 is 2.00 bits per heavy atom. The summed E-state index contributed by atoms with van der Waals surface area (Å²) in [4.78, 5) is 21.7. The lowest BCUT2D eigenvalue weighted by Crippen LogP contribution is -2.32. The monoisotopic (exact) mass is 442 g/mol. The molecule has 4 N–H and O–H groups in total. The number of carboxylic acid groups (broad SMARTS) is 1. The van der Waals surface area contributed by atoms with Crippen LogP contribution < -0.4 is 18.7 Å². The third-order valence-corrected chi connectivity index (χ3v) is 3.82. The van der Waals surface area contributed by atoms with Crippen LogP contribution in [-0.4, -0.2) is 23.2 Å². The van der Waals surface area contributed by atoms with Gasteiger partial charge in [0.15, 0.2) is 0 Å². The Kier molecular flexibility index (Phi) is 6.38. The lowest BCUT2D eigenvalue weighted by molar-refractivity contribution is -0.138. The van der Waals surface area contributed by atoms with Crippen LogP contribution in [0.1, 0.15) is 5.56 Å². The average Bonchev–Trinajstić information content (AvgIpc) is 2.55. The Morgan fingerprint density at radius 2 is 1.54 bits per heavy atom. The molecule has 0 radical (unpaired) electrons. The van der Waals surface area contributed by atoms with Crippen LogP contribution in [0.2, 0.25) is 0 Å². The average molecular weight is 442 g/mol. The molecule has 0 heterocycles. The van der Waals surface area contributed by atoms with Gasteiger partial charge in [-0.1, -0.05) is 12.1 Å². The zero-order chi connectivity index (χ0) is 17.5. The highest BCUT2D eigenvalue weighted by atomic mass is 127. The van der Waals surface area contributed by atoms with Crippen molar-refractivity contribution in [3.8, 4) is 17.2 Å². The van der Waals surface area contributed by atoms with Crippen LogP contribution in [0.4, 0.5) is 4.79 Å². The summed E-state index contributed by atoms with van der Waals surface area (Å²) < 4.78 is 13.1. The first-order chi connectivity index (χ1) is 11.5. The molecule has 0 saturated carbocycles. The molecule has 0 aliphatic carbocycles. The van der Waals surface area contributed by atoms with Crippen molar-refractivity contribution in [3.05, 3.63) is 54.1 Å². The van der Waals surface area contributed by atoms with E-state index in [1.807, 2.05) is 35.0 Å².